The number of rotatable bonds is 2. The number of aliphatic carboxylic acids is 1. The minimum atomic E-state index is -1.85. The second kappa shape index (κ2) is 3.56. The lowest BCUT2D eigenvalue weighted by Gasteiger charge is -2.17. The molecule has 1 fully saturated rings. The maximum Gasteiger partial charge on any atom is 0.335 e. The molecule has 7 heteroatoms. The lowest BCUT2D eigenvalue weighted by Crippen LogP contribution is -2.48. The molecule has 0 aromatic rings. The number of carbonyl (C=O) groups is 1. The predicted octanol–water partition coefficient (Wildman–Crippen LogP) is -3.16. The van der Waals surface area contributed by atoms with E-state index in [1.54, 1.807) is 0 Å². The zero-order chi connectivity index (χ0) is 10.2. The molecule has 1 unspecified atom stereocenters. The molecule has 1 heterocycles. The van der Waals surface area contributed by atoms with Gasteiger partial charge >= 0.3 is 5.97 Å². The molecule has 5 atom stereocenters. The van der Waals surface area contributed by atoms with Crippen molar-refractivity contribution in [2.24, 2.45) is 5.73 Å². The number of aliphatic hydroxyl groups excluding tert-OH is 3. The first-order valence-corrected chi connectivity index (χ1v) is 3.63. The Morgan fingerprint density at radius 1 is 1.46 bits per heavy atom. The number of aliphatic hydroxyl groups is 3. The van der Waals surface area contributed by atoms with Crippen molar-refractivity contribution in [3.63, 3.8) is 0 Å². The first-order valence-electron chi connectivity index (χ1n) is 3.63. The van der Waals surface area contributed by atoms with Gasteiger partial charge in [-0.05, 0) is 0 Å². The SMILES string of the molecule is N[C@@H]1C([C@H](O)C(=O)O)O[C@H](O)[C@@H]1O. The molecule has 0 bridgehead atoms. The van der Waals surface area contributed by atoms with Gasteiger partial charge < -0.3 is 30.9 Å². The number of ether oxygens (including phenoxy) is 1. The first kappa shape index (κ1) is 10.4. The van der Waals surface area contributed by atoms with Gasteiger partial charge in [-0.15, -0.1) is 0 Å². The number of hydrogen-bond donors (Lipinski definition) is 5. The molecular formula is C6H11NO6. The zero-order valence-electron chi connectivity index (χ0n) is 6.57. The lowest BCUT2D eigenvalue weighted by molar-refractivity contribution is -0.168. The number of nitrogens with two attached hydrogens (primary N) is 1. The van der Waals surface area contributed by atoms with Crippen molar-refractivity contribution in [2.45, 2.75) is 30.6 Å². The average molecular weight is 193 g/mol. The van der Waals surface area contributed by atoms with Gasteiger partial charge in [0.1, 0.15) is 12.2 Å². The summed E-state index contributed by atoms with van der Waals surface area (Å²) in [6, 6.07) is -1.11. The predicted molar refractivity (Wildman–Crippen MR) is 38.5 cm³/mol. The van der Waals surface area contributed by atoms with E-state index >= 15 is 0 Å². The van der Waals surface area contributed by atoms with Crippen LogP contribution in [0.25, 0.3) is 0 Å². The quantitative estimate of drug-likeness (QED) is 0.312. The third kappa shape index (κ3) is 1.79. The highest BCUT2D eigenvalue weighted by Gasteiger charge is 2.46. The van der Waals surface area contributed by atoms with Gasteiger partial charge in [-0.3, -0.25) is 0 Å². The molecule has 7 nitrogen and oxygen atoms in total. The number of carboxylic acid groups (broad SMARTS) is 1. The molecule has 0 aliphatic carbocycles. The average Bonchev–Trinajstić information content (AvgIpc) is 2.31. The van der Waals surface area contributed by atoms with Crippen LogP contribution in [0.3, 0.4) is 0 Å². The topological polar surface area (TPSA) is 133 Å². The van der Waals surface area contributed by atoms with E-state index in [4.69, 9.17) is 26.2 Å². The van der Waals surface area contributed by atoms with Crippen molar-refractivity contribution in [3.8, 4) is 0 Å². The minimum Gasteiger partial charge on any atom is -0.479 e. The van der Waals surface area contributed by atoms with E-state index in [1.165, 1.54) is 0 Å². The second-order valence-corrected chi connectivity index (χ2v) is 2.84. The molecule has 0 aromatic carbocycles. The normalized spacial score (nSPS) is 41.8. The molecule has 1 aliphatic rings. The smallest absolute Gasteiger partial charge is 0.335 e. The van der Waals surface area contributed by atoms with Crippen LogP contribution in [0.4, 0.5) is 0 Å². The molecule has 1 aliphatic heterocycles. The Bertz CT molecular complexity index is 209. The van der Waals surface area contributed by atoms with Crippen molar-refractivity contribution >= 4 is 5.97 Å². The summed E-state index contributed by atoms with van der Waals surface area (Å²) in [7, 11) is 0. The third-order valence-electron chi connectivity index (χ3n) is 1.93. The summed E-state index contributed by atoms with van der Waals surface area (Å²) >= 11 is 0. The highest BCUT2D eigenvalue weighted by molar-refractivity contribution is 5.73. The van der Waals surface area contributed by atoms with E-state index < -0.39 is 36.6 Å². The van der Waals surface area contributed by atoms with Gasteiger partial charge in [-0.1, -0.05) is 0 Å². The van der Waals surface area contributed by atoms with Crippen LogP contribution in [0.1, 0.15) is 0 Å². The Hall–Kier alpha value is -0.730. The van der Waals surface area contributed by atoms with Gasteiger partial charge in [-0.2, -0.15) is 0 Å². The molecule has 0 spiro atoms. The molecule has 1 saturated heterocycles. The van der Waals surface area contributed by atoms with Gasteiger partial charge in [0.15, 0.2) is 12.4 Å². The molecule has 0 saturated carbocycles. The fraction of sp³-hybridized carbons (Fsp3) is 0.833. The van der Waals surface area contributed by atoms with Crippen LogP contribution in [0.15, 0.2) is 0 Å². The number of hydrogen-bond acceptors (Lipinski definition) is 6. The zero-order valence-corrected chi connectivity index (χ0v) is 6.57. The lowest BCUT2D eigenvalue weighted by atomic mass is 10.0. The van der Waals surface area contributed by atoms with Gasteiger partial charge in [0.2, 0.25) is 0 Å². The van der Waals surface area contributed by atoms with Crippen LogP contribution in [-0.4, -0.2) is 57.0 Å². The van der Waals surface area contributed by atoms with E-state index in [0.29, 0.717) is 0 Å². The molecule has 1 rings (SSSR count). The molecule has 0 radical (unpaired) electrons. The summed E-state index contributed by atoms with van der Waals surface area (Å²) in [5.74, 6) is -1.51. The van der Waals surface area contributed by atoms with Crippen LogP contribution in [-0.2, 0) is 9.53 Å². The summed E-state index contributed by atoms with van der Waals surface area (Å²) < 4.78 is 4.56. The second-order valence-electron chi connectivity index (χ2n) is 2.84. The summed E-state index contributed by atoms with van der Waals surface area (Å²) in [4.78, 5) is 10.3. The fourth-order valence-electron chi connectivity index (χ4n) is 1.14. The largest absolute Gasteiger partial charge is 0.479 e. The van der Waals surface area contributed by atoms with E-state index in [1.807, 2.05) is 0 Å². The Morgan fingerprint density at radius 3 is 2.31 bits per heavy atom. The first-order chi connectivity index (χ1) is 5.95. The van der Waals surface area contributed by atoms with Crippen LogP contribution < -0.4 is 5.73 Å². The van der Waals surface area contributed by atoms with Gasteiger partial charge in [0.25, 0.3) is 0 Å². The monoisotopic (exact) mass is 193 g/mol. The van der Waals surface area contributed by atoms with Crippen molar-refractivity contribution in [1.82, 2.24) is 0 Å². The Labute approximate surface area is 73.4 Å². The van der Waals surface area contributed by atoms with E-state index in [2.05, 4.69) is 4.74 Å². The highest BCUT2D eigenvalue weighted by Crippen LogP contribution is 2.20. The molecule has 6 N–H and O–H groups in total. The highest BCUT2D eigenvalue weighted by atomic mass is 16.6. The summed E-state index contributed by atoms with van der Waals surface area (Å²) in [6.07, 6.45) is -6.06. The van der Waals surface area contributed by atoms with E-state index in [-0.39, 0.29) is 0 Å². The van der Waals surface area contributed by atoms with Crippen LogP contribution >= 0.6 is 0 Å². The van der Waals surface area contributed by atoms with Crippen molar-refractivity contribution in [2.75, 3.05) is 0 Å². The molecule has 13 heavy (non-hydrogen) atoms. The summed E-state index contributed by atoms with van der Waals surface area (Å²) in [6.45, 7) is 0. The van der Waals surface area contributed by atoms with Gasteiger partial charge in [0, 0.05) is 0 Å². The Morgan fingerprint density at radius 2 is 2.00 bits per heavy atom. The third-order valence-corrected chi connectivity index (χ3v) is 1.93. The van der Waals surface area contributed by atoms with Crippen LogP contribution in [0.5, 0.6) is 0 Å². The Balaban J connectivity index is 2.68. The molecular weight excluding hydrogens is 182 g/mol. The summed E-state index contributed by atoms with van der Waals surface area (Å²) in [5, 5.41) is 35.4. The van der Waals surface area contributed by atoms with Crippen molar-refractivity contribution < 1.29 is 30.0 Å². The summed E-state index contributed by atoms with van der Waals surface area (Å²) in [5.41, 5.74) is 5.29. The van der Waals surface area contributed by atoms with Gasteiger partial charge in [-0.25, -0.2) is 4.79 Å². The minimum absolute atomic E-state index is 1.11. The molecule has 0 amide bonds. The Kier molecular flexibility index (Phi) is 2.84. The molecule has 76 valence electrons. The van der Waals surface area contributed by atoms with Crippen LogP contribution in [0, 0.1) is 0 Å². The number of carboxylic acids is 1. The maximum absolute atomic E-state index is 10.3. The van der Waals surface area contributed by atoms with Crippen molar-refractivity contribution in [1.29, 1.82) is 0 Å². The van der Waals surface area contributed by atoms with Crippen LogP contribution in [0.2, 0.25) is 0 Å². The van der Waals surface area contributed by atoms with E-state index in [0.717, 1.165) is 0 Å². The maximum atomic E-state index is 10.3. The standard InChI is InChI=1S/C6H11NO6/c7-1-2(8)6(12)13-4(1)3(9)5(10)11/h1-4,6,8-9,12H,7H2,(H,10,11)/t1-,2+,3-,4?,6-/m0/s1. The fourth-order valence-corrected chi connectivity index (χ4v) is 1.14. The van der Waals surface area contributed by atoms with Crippen molar-refractivity contribution in [3.05, 3.63) is 0 Å². The van der Waals surface area contributed by atoms with Gasteiger partial charge in [0.05, 0.1) is 6.04 Å². The van der Waals surface area contributed by atoms with E-state index in [9.17, 15) is 4.79 Å². The molecule has 0 aromatic heterocycles.